The van der Waals surface area contributed by atoms with Gasteiger partial charge >= 0.3 is 6.03 Å². The molecule has 22 heavy (non-hydrogen) atoms. The van der Waals surface area contributed by atoms with E-state index in [9.17, 15) is 9.59 Å². The number of imide groups is 1. The number of amides is 3. The van der Waals surface area contributed by atoms with E-state index in [1.165, 1.54) is 4.90 Å². The number of carbonyl (C=O) groups excluding carboxylic acids is 2. The summed E-state index contributed by atoms with van der Waals surface area (Å²) in [6.45, 7) is 2.14. The Morgan fingerprint density at radius 2 is 1.95 bits per heavy atom. The molecule has 1 aromatic rings. The second-order valence-corrected chi connectivity index (χ2v) is 6.95. The molecule has 1 N–H and O–H groups in total. The molecule has 3 rings (SSSR count). The molecule has 2 atom stereocenters. The monoisotopic (exact) mass is 340 g/mol. The van der Waals surface area contributed by atoms with E-state index in [1.54, 1.807) is 18.2 Å². The summed E-state index contributed by atoms with van der Waals surface area (Å²) in [5.74, 6) is -0.00916. The van der Waals surface area contributed by atoms with Crippen LogP contribution in [0.15, 0.2) is 18.2 Å². The first kappa shape index (κ1) is 15.6. The van der Waals surface area contributed by atoms with Gasteiger partial charge in [-0.15, -0.1) is 0 Å². The molecule has 6 heteroatoms. The number of halogens is 2. The van der Waals surface area contributed by atoms with Crippen molar-refractivity contribution in [2.24, 2.45) is 5.92 Å². The molecular weight excluding hydrogens is 323 g/mol. The maximum atomic E-state index is 12.9. The number of nitrogens with one attached hydrogen (secondary N) is 1. The van der Waals surface area contributed by atoms with Crippen LogP contribution in [0.2, 0.25) is 10.0 Å². The van der Waals surface area contributed by atoms with Gasteiger partial charge in [-0.2, -0.15) is 0 Å². The summed E-state index contributed by atoms with van der Waals surface area (Å²) in [4.78, 5) is 26.5. The number of benzene rings is 1. The van der Waals surface area contributed by atoms with Gasteiger partial charge in [0.15, 0.2) is 0 Å². The van der Waals surface area contributed by atoms with Gasteiger partial charge < -0.3 is 5.32 Å². The lowest BCUT2D eigenvalue weighted by Crippen LogP contribution is -2.53. The Balaban J connectivity index is 1.89. The summed E-state index contributed by atoms with van der Waals surface area (Å²) in [6.07, 6.45) is 3.71. The van der Waals surface area contributed by atoms with Crippen molar-refractivity contribution in [3.8, 4) is 0 Å². The van der Waals surface area contributed by atoms with E-state index in [4.69, 9.17) is 23.2 Å². The Kier molecular flexibility index (Phi) is 4.08. The first-order valence-corrected chi connectivity index (χ1v) is 8.28. The van der Waals surface area contributed by atoms with Crippen molar-refractivity contribution in [1.29, 1.82) is 0 Å². The highest BCUT2D eigenvalue weighted by Gasteiger charge is 2.54. The molecule has 118 valence electrons. The molecule has 1 heterocycles. The van der Waals surface area contributed by atoms with Crippen LogP contribution in [0.3, 0.4) is 0 Å². The lowest BCUT2D eigenvalue weighted by molar-refractivity contribution is -0.134. The quantitative estimate of drug-likeness (QED) is 0.827. The molecule has 1 saturated heterocycles. The highest BCUT2D eigenvalue weighted by Crippen LogP contribution is 2.39. The predicted molar refractivity (Wildman–Crippen MR) is 85.9 cm³/mol. The minimum Gasteiger partial charge on any atom is -0.323 e. The van der Waals surface area contributed by atoms with Crippen molar-refractivity contribution in [3.63, 3.8) is 0 Å². The van der Waals surface area contributed by atoms with Gasteiger partial charge in [0, 0.05) is 15.6 Å². The van der Waals surface area contributed by atoms with Gasteiger partial charge in [-0.25, -0.2) is 4.79 Å². The van der Waals surface area contributed by atoms with E-state index in [0.717, 1.165) is 19.3 Å². The van der Waals surface area contributed by atoms with E-state index in [0.29, 0.717) is 22.0 Å². The molecule has 1 saturated carbocycles. The maximum Gasteiger partial charge on any atom is 0.325 e. The van der Waals surface area contributed by atoms with Gasteiger partial charge in [-0.05, 0) is 30.9 Å². The molecule has 1 aliphatic carbocycles. The van der Waals surface area contributed by atoms with Crippen molar-refractivity contribution in [1.82, 2.24) is 10.2 Å². The average Bonchev–Trinajstić information content (AvgIpc) is 2.71. The lowest BCUT2D eigenvalue weighted by atomic mass is 9.73. The predicted octanol–water partition coefficient (Wildman–Crippen LogP) is 3.99. The zero-order chi connectivity index (χ0) is 15.9. The topological polar surface area (TPSA) is 49.4 Å². The third-order valence-electron chi connectivity index (χ3n) is 4.88. The van der Waals surface area contributed by atoms with Crippen molar-refractivity contribution < 1.29 is 9.59 Å². The van der Waals surface area contributed by atoms with Crippen LogP contribution in [0.25, 0.3) is 0 Å². The molecule has 2 aliphatic rings. The molecule has 0 aromatic heterocycles. The number of hydrogen-bond acceptors (Lipinski definition) is 2. The first-order chi connectivity index (χ1) is 10.5. The molecule has 1 unspecified atom stereocenters. The Hall–Kier alpha value is -1.26. The molecule has 4 nitrogen and oxygen atoms in total. The number of carbonyl (C=O) groups is 2. The number of hydrogen-bond donors (Lipinski definition) is 1. The Labute approximate surface area is 139 Å². The summed E-state index contributed by atoms with van der Waals surface area (Å²) in [7, 11) is 0. The number of urea groups is 1. The molecule has 2 fully saturated rings. The van der Waals surface area contributed by atoms with E-state index >= 15 is 0 Å². The van der Waals surface area contributed by atoms with Gasteiger partial charge in [-0.1, -0.05) is 49.0 Å². The average molecular weight is 341 g/mol. The van der Waals surface area contributed by atoms with E-state index < -0.39 is 5.54 Å². The van der Waals surface area contributed by atoms with Crippen LogP contribution in [-0.4, -0.2) is 22.4 Å². The summed E-state index contributed by atoms with van der Waals surface area (Å²) in [5.41, 5.74) is -0.141. The van der Waals surface area contributed by atoms with Crippen LogP contribution in [0.5, 0.6) is 0 Å². The van der Waals surface area contributed by atoms with Crippen LogP contribution >= 0.6 is 23.2 Å². The minimum absolute atomic E-state index is 0.109. The van der Waals surface area contributed by atoms with Crippen molar-refractivity contribution in [3.05, 3.63) is 33.8 Å². The van der Waals surface area contributed by atoms with Crippen LogP contribution in [0.4, 0.5) is 4.79 Å². The van der Waals surface area contributed by atoms with E-state index in [2.05, 4.69) is 5.32 Å². The molecule has 3 amide bonds. The smallest absolute Gasteiger partial charge is 0.323 e. The van der Waals surface area contributed by atoms with E-state index in [1.807, 2.05) is 6.92 Å². The normalized spacial score (nSPS) is 28.3. The molecular formula is C16H18Cl2N2O2. The second-order valence-electron chi connectivity index (χ2n) is 6.14. The van der Waals surface area contributed by atoms with Crippen LogP contribution in [0.1, 0.15) is 38.2 Å². The number of rotatable bonds is 2. The van der Waals surface area contributed by atoms with Gasteiger partial charge in [0.25, 0.3) is 5.91 Å². The fraction of sp³-hybridized carbons (Fsp3) is 0.500. The summed E-state index contributed by atoms with van der Waals surface area (Å²) < 4.78 is 0. The largest absolute Gasteiger partial charge is 0.325 e. The Morgan fingerprint density at radius 3 is 2.59 bits per heavy atom. The van der Waals surface area contributed by atoms with Gasteiger partial charge in [-0.3, -0.25) is 9.69 Å². The fourth-order valence-electron chi connectivity index (χ4n) is 3.48. The highest BCUT2D eigenvalue weighted by atomic mass is 35.5. The Bertz CT molecular complexity index is 614. The summed E-state index contributed by atoms with van der Waals surface area (Å²) in [5, 5.41) is 3.86. The van der Waals surface area contributed by atoms with Crippen molar-refractivity contribution in [2.45, 2.75) is 44.7 Å². The molecule has 1 spiro atoms. The van der Waals surface area contributed by atoms with Gasteiger partial charge in [0.05, 0.1) is 6.54 Å². The van der Waals surface area contributed by atoms with Crippen LogP contribution in [0, 0.1) is 5.92 Å². The van der Waals surface area contributed by atoms with E-state index in [-0.39, 0.29) is 24.4 Å². The summed E-state index contributed by atoms with van der Waals surface area (Å²) in [6, 6.07) is 4.81. The maximum absolute atomic E-state index is 12.9. The lowest BCUT2D eigenvalue weighted by Gasteiger charge is -2.36. The highest BCUT2D eigenvalue weighted by molar-refractivity contribution is 6.36. The second kappa shape index (κ2) is 5.74. The fourth-order valence-corrected chi connectivity index (χ4v) is 4.00. The zero-order valence-corrected chi connectivity index (χ0v) is 13.9. The van der Waals surface area contributed by atoms with Crippen LogP contribution in [-0.2, 0) is 11.3 Å². The molecule has 0 radical (unpaired) electrons. The zero-order valence-electron chi connectivity index (χ0n) is 12.4. The number of nitrogens with zero attached hydrogens (tertiary/aromatic N) is 1. The first-order valence-electron chi connectivity index (χ1n) is 7.53. The summed E-state index contributed by atoms with van der Waals surface area (Å²) >= 11 is 12.3. The third-order valence-corrected chi connectivity index (χ3v) is 5.59. The standard InChI is InChI=1S/C16H18Cl2N2O2/c1-10-5-2-3-8-16(10)14(21)20(15(22)19-16)9-11-12(17)6-4-7-13(11)18/h4,6-7,10H,2-3,5,8-9H2,1H3,(H,19,22)/t10?,16-/m0/s1. The molecule has 1 aliphatic heterocycles. The van der Waals surface area contributed by atoms with Crippen molar-refractivity contribution >= 4 is 35.1 Å². The minimum atomic E-state index is -0.747. The van der Waals surface area contributed by atoms with Crippen LogP contribution < -0.4 is 5.32 Å². The van der Waals surface area contributed by atoms with Crippen molar-refractivity contribution in [2.75, 3.05) is 0 Å². The SMILES string of the molecule is CC1CCCC[C@]12NC(=O)N(Cc1c(Cl)cccc1Cl)C2=O. The molecule has 1 aromatic carbocycles. The Morgan fingerprint density at radius 1 is 1.27 bits per heavy atom. The van der Waals surface area contributed by atoms with Gasteiger partial charge in [0.1, 0.15) is 5.54 Å². The van der Waals surface area contributed by atoms with Gasteiger partial charge in [0.2, 0.25) is 0 Å². The molecule has 0 bridgehead atoms. The third kappa shape index (κ3) is 2.38.